The van der Waals surface area contributed by atoms with E-state index in [1.807, 2.05) is 0 Å². The number of nitrogens with one attached hydrogen (secondary N) is 1. The van der Waals surface area contributed by atoms with Gasteiger partial charge in [0.05, 0.1) is 16.8 Å². The second-order valence-electron chi connectivity index (χ2n) is 4.07. The first-order chi connectivity index (χ1) is 9.88. The first kappa shape index (κ1) is 15.5. The lowest BCUT2D eigenvalue weighted by Gasteiger charge is -2.10. The van der Waals surface area contributed by atoms with Gasteiger partial charge in [-0.05, 0) is 36.4 Å². The van der Waals surface area contributed by atoms with Crippen LogP contribution in [0.4, 0.5) is 10.1 Å². The zero-order valence-corrected chi connectivity index (χ0v) is 12.7. The van der Waals surface area contributed by atoms with Crippen LogP contribution >= 0.6 is 27.5 Å². The molecule has 0 aliphatic carbocycles. The van der Waals surface area contributed by atoms with E-state index in [2.05, 4.69) is 21.2 Å². The molecule has 21 heavy (non-hydrogen) atoms. The number of carboxylic acid groups (broad SMARTS) is 1. The molecule has 1 amide bonds. The van der Waals surface area contributed by atoms with Crippen LogP contribution in [0.3, 0.4) is 0 Å². The average Bonchev–Trinajstić information content (AvgIpc) is 2.41. The van der Waals surface area contributed by atoms with E-state index in [1.165, 1.54) is 30.3 Å². The number of anilines is 1. The molecule has 2 aromatic rings. The number of benzene rings is 2. The summed E-state index contributed by atoms with van der Waals surface area (Å²) in [4.78, 5) is 23.2. The number of rotatable bonds is 3. The predicted molar refractivity (Wildman–Crippen MR) is 80.5 cm³/mol. The second kappa shape index (κ2) is 6.24. The molecular formula is C14H8BrClFNO3. The molecule has 0 radical (unpaired) electrons. The van der Waals surface area contributed by atoms with E-state index >= 15 is 0 Å². The number of halogens is 3. The van der Waals surface area contributed by atoms with Crippen LogP contribution in [0.2, 0.25) is 5.02 Å². The highest BCUT2D eigenvalue weighted by Gasteiger charge is 2.17. The molecule has 7 heteroatoms. The van der Waals surface area contributed by atoms with E-state index in [1.54, 1.807) is 0 Å². The Hall–Kier alpha value is -1.92. The Morgan fingerprint density at radius 3 is 2.52 bits per heavy atom. The van der Waals surface area contributed by atoms with Crippen molar-refractivity contribution in [3.8, 4) is 0 Å². The summed E-state index contributed by atoms with van der Waals surface area (Å²) in [6, 6.07) is 7.83. The molecule has 0 spiro atoms. The molecule has 2 aromatic carbocycles. The highest BCUT2D eigenvalue weighted by Crippen LogP contribution is 2.23. The fourth-order valence-corrected chi connectivity index (χ4v) is 2.20. The van der Waals surface area contributed by atoms with Crippen LogP contribution in [0, 0.1) is 5.82 Å². The quantitative estimate of drug-likeness (QED) is 0.849. The SMILES string of the molecule is O=C(Nc1cc(Cl)ccc1C(=O)O)c1cc(Br)ccc1F. The summed E-state index contributed by atoms with van der Waals surface area (Å²) in [6.07, 6.45) is 0. The maximum Gasteiger partial charge on any atom is 0.337 e. The normalized spacial score (nSPS) is 10.2. The molecule has 0 aliphatic rings. The molecule has 2 N–H and O–H groups in total. The molecule has 4 nitrogen and oxygen atoms in total. The number of hydrogen-bond donors (Lipinski definition) is 2. The van der Waals surface area contributed by atoms with E-state index in [9.17, 15) is 14.0 Å². The highest BCUT2D eigenvalue weighted by molar-refractivity contribution is 9.10. The van der Waals surface area contributed by atoms with E-state index in [4.69, 9.17) is 16.7 Å². The lowest BCUT2D eigenvalue weighted by Crippen LogP contribution is -2.16. The van der Waals surface area contributed by atoms with E-state index < -0.39 is 17.7 Å². The monoisotopic (exact) mass is 371 g/mol. The topological polar surface area (TPSA) is 66.4 Å². The molecule has 0 saturated carbocycles. The Kier molecular flexibility index (Phi) is 4.59. The summed E-state index contributed by atoms with van der Waals surface area (Å²) < 4.78 is 14.2. The molecule has 0 unspecified atom stereocenters. The third-order valence-corrected chi connectivity index (χ3v) is 3.36. The van der Waals surface area contributed by atoms with Crippen molar-refractivity contribution in [1.82, 2.24) is 0 Å². The summed E-state index contributed by atoms with van der Waals surface area (Å²) in [7, 11) is 0. The third-order valence-electron chi connectivity index (χ3n) is 2.63. The van der Waals surface area contributed by atoms with Gasteiger partial charge in [0, 0.05) is 9.50 Å². The maximum atomic E-state index is 13.6. The van der Waals surface area contributed by atoms with Crippen LogP contribution in [0.25, 0.3) is 0 Å². The predicted octanol–water partition coefficient (Wildman–Crippen LogP) is 4.19. The van der Waals surface area contributed by atoms with Crippen molar-refractivity contribution in [1.29, 1.82) is 0 Å². The number of carboxylic acids is 1. The number of aromatic carboxylic acids is 1. The van der Waals surface area contributed by atoms with Crippen LogP contribution in [0.5, 0.6) is 0 Å². The minimum absolute atomic E-state index is 0.000578. The number of carbonyl (C=O) groups is 2. The Balaban J connectivity index is 2.38. The molecule has 0 bridgehead atoms. The van der Waals surface area contributed by atoms with Gasteiger partial charge in [-0.2, -0.15) is 0 Å². The van der Waals surface area contributed by atoms with Crippen LogP contribution in [-0.4, -0.2) is 17.0 Å². The summed E-state index contributed by atoms with van der Waals surface area (Å²) >= 11 is 8.92. The van der Waals surface area contributed by atoms with Crippen molar-refractivity contribution < 1.29 is 19.1 Å². The fraction of sp³-hybridized carbons (Fsp3) is 0. The largest absolute Gasteiger partial charge is 0.478 e. The van der Waals surface area contributed by atoms with Gasteiger partial charge in [-0.3, -0.25) is 4.79 Å². The number of hydrogen-bond acceptors (Lipinski definition) is 2. The van der Waals surface area contributed by atoms with Crippen LogP contribution in [0.15, 0.2) is 40.9 Å². The van der Waals surface area contributed by atoms with Gasteiger partial charge in [0.2, 0.25) is 0 Å². The van der Waals surface area contributed by atoms with Crippen molar-refractivity contribution in [3.05, 3.63) is 62.8 Å². The van der Waals surface area contributed by atoms with Crippen molar-refractivity contribution >= 4 is 45.1 Å². The van der Waals surface area contributed by atoms with Gasteiger partial charge in [-0.1, -0.05) is 27.5 Å². The molecule has 108 valence electrons. The summed E-state index contributed by atoms with van der Waals surface area (Å²) in [5, 5.41) is 11.7. The van der Waals surface area contributed by atoms with Gasteiger partial charge < -0.3 is 10.4 Å². The van der Waals surface area contributed by atoms with Crippen molar-refractivity contribution in [2.24, 2.45) is 0 Å². The van der Waals surface area contributed by atoms with Gasteiger partial charge in [0.25, 0.3) is 5.91 Å². The molecule has 0 aromatic heterocycles. The summed E-state index contributed by atoms with van der Waals surface area (Å²) in [5.74, 6) is -2.70. The third kappa shape index (κ3) is 3.59. The average molecular weight is 373 g/mol. The first-order valence-corrected chi connectivity index (χ1v) is 6.85. The molecule has 0 atom stereocenters. The lowest BCUT2D eigenvalue weighted by molar-refractivity contribution is 0.0698. The minimum atomic E-state index is -1.23. The van der Waals surface area contributed by atoms with Crippen LogP contribution in [0.1, 0.15) is 20.7 Å². The highest BCUT2D eigenvalue weighted by atomic mass is 79.9. The molecule has 0 fully saturated rings. The standard InChI is InChI=1S/C14H8BrClFNO3/c15-7-1-4-11(17)10(5-7)13(19)18-12-6-8(16)2-3-9(12)14(20)21/h1-6H,(H,18,19)(H,20,21). The first-order valence-electron chi connectivity index (χ1n) is 5.67. The van der Waals surface area contributed by atoms with E-state index in [-0.39, 0.29) is 21.8 Å². The Morgan fingerprint density at radius 1 is 1.14 bits per heavy atom. The maximum absolute atomic E-state index is 13.6. The number of carbonyl (C=O) groups excluding carboxylic acids is 1. The lowest BCUT2D eigenvalue weighted by atomic mass is 10.1. The van der Waals surface area contributed by atoms with Crippen LogP contribution < -0.4 is 5.32 Å². The van der Waals surface area contributed by atoms with Crippen molar-refractivity contribution in [2.45, 2.75) is 0 Å². The Morgan fingerprint density at radius 2 is 1.86 bits per heavy atom. The summed E-state index contributed by atoms with van der Waals surface area (Å²) in [5.41, 5.74) is -0.344. The van der Waals surface area contributed by atoms with Crippen molar-refractivity contribution in [3.63, 3.8) is 0 Å². The second-order valence-corrected chi connectivity index (χ2v) is 5.43. The molecule has 0 aliphatic heterocycles. The fourth-order valence-electron chi connectivity index (χ4n) is 1.67. The van der Waals surface area contributed by atoms with Gasteiger partial charge in [0.1, 0.15) is 5.82 Å². The van der Waals surface area contributed by atoms with Crippen LogP contribution in [-0.2, 0) is 0 Å². The number of amides is 1. The van der Waals surface area contributed by atoms with Gasteiger partial charge >= 0.3 is 5.97 Å². The summed E-state index contributed by atoms with van der Waals surface area (Å²) in [6.45, 7) is 0. The Bertz CT molecular complexity index is 736. The zero-order valence-electron chi connectivity index (χ0n) is 10.4. The molecule has 0 saturated heterocycles. The molecule has 2 rings (SSSR count). The van der Waals surface area contributed by atoms with Gasteiger partial charge in [-0.25, -0.2) is 9.18 Å². The smallest absolute Gasteiger partial charge is 0.337 e. The van der Waals surface area contributed by atoms with Gasteiger partial charge in [-0.15, -0.1) is 0 Å². The van der Waals surface area contributed by atoms with Gasteiger partial charge in [0.15, 0.2) is 0 Å². The zero-order chi connectivity index (χ0) is 15.6. The minimum Gasteiger partial charge on any atom is -0.478 e. The Labute approximate surface area is 132 Å². The van der Waals surface area contributed by atoms with E-state index in [0.29, 0.717) is 4.47 Å². The van der Waals surface area contributed by atoms with Crippen molar-refractivity contribution in [2.75, 3.05) is 5.32 Å². The molecule has 0 heterocycles. The molecular weight excluding hydrogens is 365 g/mol. The van der Waals surface area contributed by atoms with E-state index in [0.717, 1.165) is 6.07 Å².